The molecule has 0 bridgehead atoms. The van der Waals surface area contributed by atoms with Gasteiger partial charge < -0.3 is 9.84 Å². The third kappa shape index (κ3) is 3.07. The molecule has 5 heteroatoms. The summed E-state index contributed by atoms with van der Waals surface area (Å²) in [6.45, 7) is 0.166. The molecule has 0 spiro atoms. The fourth-order valence-electron chi connectivity index (χ4n) is 1.54. The van der Waals surface area contributed by atoms with Crippen LogP contribution in [-0.4, -0.2) is 16.1 Å². The summed E-state index contributed by atoms with van der Waals surface area (Å²) in [6.07, 6.45) is 1.53. The van der Waals surface area contributed by atoms with Gasteiger partial charge in [0.2, 0.25) is 0 Å². The van der Waals surface area contributed by atoms with Crippen LogP contribution in [0.15, 0.2) is 42.6 Å². The van der Waals surface area contributed by atoms with Gasteiger partial charge in [-0.15, -0.1) is 0 Å². The van der Waals surface area contributed by atoms with Crippen LogP contribution in [0.1, 0.15) is 21.6 Å². The van der Waals surface area contributed by atoms with Crippen LogP contribution in [0.2, 0.25) is 0 Å². The van der Waals surface area contributed by atoms with Crippen molar-refractivity contribution in [2.24, 2.45) is 0 Å². The number of carboxylic acid groups (broad SMARTS) is 1. The zero-order chi connectivity index (χ0) is 13.7. The first-order chi connectivity index (χ1) is 9.20. The summed E-state index contributed by atoms with van der Waals surface area (Å²) >= 11 is 0. The van der Waals surface area contributed by atoms with Crippen LogP contribution in [0.3, 0.4) is 0 Å². The van der Waals surface area contributed by atoms with Crippen molar-refractivity contribution in [3.8, 4) is 11.8 Å². The van der Waals surface area contributed by atoms with Gasteiger partial charge in [-0.25, -0.2) is 9.78 Å². The molecule has 0 radical (unpaired) electrons. The Bertz CT molecular complexity index is 647. The normalized spacial score (nSPS) is 9.63. The number of hydrogen-bond acceptors (Lipinski definition) is 4. The maximum atomic E-state index is 10.8. The van der Waals surface area contributed by atoms with Crippen molar-refractivity contribution in [3.63, 3.8) is 0 Å². The quantitative estimate of drug-likeness (QED) is 0.904. The van der Waals surface area contributed by atoms with Crippen molar-refractivity contribution >= 4 is 5.97 Å². The summed E-state index contributed by atoms with van der Waals surface area (Å²) in [5.74, 6) is -0.572. The molecule has 1 aromatic carbocycles. The van der Waals surface area contributed by atoms with Gasteiger partial charge in [-0.1, -0.05) is 12.1 Å². The summed E-state index contributed by atoms with van der Waals surface area (Å²) in [5.41, 5.74) is 1.12. The molecule has 2 rings (SSSR count). The number of ether oxygens (including phenoxy) is 1. The Morgan fingerprint density at radius 1 is 1.37 bits per heavy atom. The lowest BCUT2D eigenvalue weighted by atomic mass is 10.2. The maximum Gasteiger partial charge on any atom is 0.335 e. The molecule has 19 heavy (non-hydrogen) atoms. The highest BCUT2D eigenvalue weighted by Crippen LogP contribution is 2.16. The molecule has 0 atom stereocenters. The van der Waals surface area contributed by atoms with Crippen LogP contribution in [0.5, 0.6) is 5.75 Å². The summed E-state index contributed by atoms with van der Waals surface area (Å²) < 4.78 is 5.47. The zero-order valence-corrected chi connectivity index (χ0v) is 9.91. The number of aromatic nitrogens is 1. The van der Waals surface area contributed by atoms with E-state index in [0.717, 1.165) is 0 Å². The van der Waals surface area contributed by atoms with Crippen molar-refractivity contribution in [3.05, 3.63) is 59.4 Å². The summed E-state index contributed by atoms with van der Waals surface area (Å²) in [6, 6.07) is 11.6. The molecule has 2 aromatic rings. The molecule has 0 saturated heterocycles. The van der Waals surface area contributed by atoms with Crippen LogP contribution in [-0.2, 0) is 6.61 Å². The Morgan fingerprint density at radius 3 is 2.95 bits per heavy atom. The molecule has 0 amide bonds. The van der Waals surface area contributed by atoms with E-state index in [0.29, 0.717) is 17.0 Å². The summed E-state index contributed by atoms with van der Waals surface area (Å²) in [4.78, 5) is 14.7. The minimum Gasteiger partial charge on any atom is -0.489 e. The number of carboxylic acids is 1. The van der Waals surface area contributed by atoms with Crippen molar-refractivity contribution < 1.29 is 14.6 Å². The number of hydrogen-bond donors (Lipinski definition) is 1. The Balaban J connectivity index is 2.13. The second kappa shape index (κ2) is 5.65. The van der Waals surface area contributed by atoms with Gasteiger partial charge in [0.05, 0.1) is 5.56 Å². The number of rotatable bonds is 4. The third-order valence-corrected chi connectivity index (χ3v) is 2.47. The van der Waals surface area contributed by atoms with Crippen LogP contribution >= 0.6 is 0 Å². The maximum absolute atomic E-state index is 10.8. The molecule has 0 aliphatic carbocycles. The Hall–Kier alpha value is -2.87. The first kappa shape index (κ1) is 12.6. The van der Waals surface area contributed by atoms with E-state index in [2.05, 4.69) is 4.98 Å². The average molecular weight is 254 g/mol. The summed E-state index contributed by atoms with van der Waals surface area (Å²) in [5, 5.41) is 17.8. The molecule has 94 valence electrons. The van der Waals surface area contributed by atoms with Crippen molar-refractivity contribution in [2.45, 2.75) is 6.61 Å². The highest BCUT2D eigenvalue weighted by Gasteiger charge is 2.06. The standard InChI is InChI=1S/C14H10N2O3/c15-8-13-11(4-2-6-16-13)9-19-12-5-1-3-10(7-12)14(17)18/h1-7H,9H2,(H,17,18). The monoisotopic (exact) mass is 254 g/mol. The predicted molar refractivity (Wildman–Crippen MR) is 66.7 cm³/mol. The highest BCUT2D eigenvalue weighted by atomic mass is 16.5. The number of aromatic carboxylic acids is 1. The highest BCUT2D eigenvalue weighted by molar-refractivity contribution is 5.87. The minimum atomic E-state index is -1.01. The molecule has 1 N–H and O–H groups in total. The first-order valence-corrected chi connectivity index (χ1v) is 5.51. The molecule has 5 nitrogen and oxygen atoms in total. The average Bonchev–Trinajstić information content (AvgIpc) is 2.45. The van der Waals surface area contributed by atoms with Gasteiger partial charge in [-0.3, -0.25) is 0 Å². The van der Waals surface area contributed by atoms with Gasteiger partial charge in [-0.05, 0) is 24.3 Å². The van der Waals surface area contributed by atoms with E-state index >= 15 is 0 Å². The molecule has 0 aliphatic rings. The lowest BCUT2D eigenvalue weighted by molar-refractivity contribution is 0.0696. The van der Waals surface area contributed by atoms with Crippen molar-refractivity contribution in [1.29, 1.82) is 5.26 Å². The van der Waals surface area contributed by atoms with Gasteiger partial charge in [0.1, 0.15) is 24.1 Å². The number of benzene rings is 1. The van der Waals surface area contributed by atoms with Gasteiger partial charge in [0.25, 0.3) is 0 Å². The number of pyridine rings is 1. The lowest BCUT2D eigenvalue weighted by Crippen LogP contribution is -2.01. The second-order valence-electron chi connectivity index (χ2n) is 3.74. The van der Waals surface area contributed by atoms with Crippen molar-refractivity contribution in [2.75, 3.05) is 0 Å². The molecule has 1 heterocycles. The predicted octanol–water partition coefficient (Wildman–Crippen LogP) is 2.23. The molecule has 0 saturated carbocycles. The number of nitriles is 1. The fraction of sp³-hybridized carbons (Fsp3) is 0.0714. The number of nitrogens with zero attached hydrogens (tertiary/aromatic N) is 2. The zero-order valence-electron chi connectivity index (χ0n) is 9.91. The third-order valence-electron chi connectivity index (χ3n) is 2.47. The fourth-order valence-corrected chi connectivity index (χ4v) is 1.54. The van der Waals surface area contributed by atoms with Gasteiger partial charge in [0, 0.05) is 11.8 Å². The van der Waals surface area contributed by atoms with E-state index in [1.807, 2.05) is 6.07 Å². The molecule has 0 unspecified atom stereocenters. The van der Waals surface area contributed by atoms with Crippen LogP contribution < -0.4 is 4.74 Å². The Labute approximate surface area is 109 Å². The SMILES string of the molecule is N#Cc1ncccc1COc1cccc(C(=O)O)c1. The Morgan fingerprint density at radius 2 is 2.21 bits per heavy atom. The lowest BCUT2D eigenvalue weighted by Gasteiger charge is -2.07. The van der Waals surface area contributed by atoms with Gasteiger partial charge >= 0.3 is 5.97 Å². The van der Waals surface area contributed by atoms with Gasteiger partial charge in [0.15, 0.2) is 0 Å². The molecule has 0 fully saturated rings. The first-order valence-electron chi connectivity index (χ1n) is 5.51. The second-order valence-corrected chi connectivity index (χ2v) is 3.74. The van der Waals surface area contributed by atoms with Crippen LogP contribution in [0.25, 0.3) is 0 Å². The van der Waals surface area contributed by atoms with Crippen LogP contribution in [0, 0.1) is 11.3 Å². The Kier molecular flexibility index (Phi) is 3.74. The van der Waals surface area contributed by atoms with E-state index < -0.39 is 5.97 Å². The molecule has 0 aliphatic heterocycles. The van der Waals surface area contributed by atoms with E-state index in [1.54, 1.807) is 24.3 Å². The smallest absolute Gasteiger partial charge is 0.335 e. The van der Waals surface area contributed by atoms with Crippen LogP contribution in [0.4, 0.5) is 0 Å². The topological polar surface area (TPSA) is 83.2 Å². The molecular weight excluding hydrogens is 244 g/mol. The minimum absolute atomic E-state index is 0.157. The van der Waals surface area contributed by atoms with E-state index in [-0.39, 0.29) is 12.2 Å². The van der Waals surface area contributed by atoms with Crippen molar-refractivity contribution in [1.82, 2.24) is 4.98 Å². The largest absolute Gasteiger partial charge is 0.489 e. The number of carbonyl (C=O) groups is 1. The van der Waals surface area contributed by atoms with E-state index in [4.69, 9.17) is 15.1 Å². The van der Waals surface area contributed by atoms with E-state index in [9.17, 15) is 4.79 Å². The van der Waals surface area contributed by atoms with Gasteiger partial charge in [-0.2, -0.15) is 5.26 Å². The molecular formula is C14H10N2O3. The van der Waals surface area contributed by atoms with E-state index in [1.165, 1.54) is 18.3 Å². The molecule has 1 aromatic heterocycles. The summed E-state index contributed by atoms with van der Waals surface area (Å²) in [7, 11) is 0.